The van der Waals surface area contributed by atoms with Crippen molar-refractivity contribution in [3.63, 3.8) is 0 Å². The monoisotopic (exact) mass is 222 g/mol. The van der Waals surface area contributed by atoms with E-state index in [1.807, 2.05) is 21.0 Å². The second kappa shape index (κ2) is 5.79. The molecule has 0 unspecified atom stereocenters. The van der Waals surface area contributed by atoms with E-state index in [0.717, 1.165) is 6.42 Å². The van der Waals surface area contributed by atoms with Crippen molar-refractivity contribution in [3.8, 4) is 0 Å². The van der Waals surface area contributed by atoms with Crippen LogP contribution in [0.3, 0.4) is 0 Å². The molecule has 0 aromatic carbocycles. The quantitative estimate of drug-likeness (QED) is 0.467. The van der Waals surface area contributed by atoms with Gasteiger partial charge in [-0.05, 0) is 20.5 Å². The first-order valence-electron chi connectivity index (χ1n) is 4.65. The van der Waals surface area contributed by atoms with Crippen LogP contribution < -0.4 is 10.6 Å². The predicted molar refractivity (Wildman–Crippen MR) is 57.9 cm³/mol. The lowest BCUT2D eigenvalue weighted by Gasteiger charge is -2.42. The molecule has 0 bridgehead atoms. The van der Waals surface area contributed by atoms with E-state index in [-0.39, 0.29) is 0 Å². The fraction of sp³-hybridized carbons (Fsp3) is 1.00. The van der Waals surface area contributed by atoms with Crippen LogP contribution in [0.2, 0.25) is 0 Å². The fourth-order valence-corrected chi connectivity index (χ4v) is 4.36. The first kappa shape index (κ1) is 14.0. The zero-order valence-electron chi connectivity index (χ0n) is 9.93. The van der Waals surface area contributed by atoms with E-state index in [0.29, 0.717) is 0 Å². The molecule has 86 valence electrons. The van der Waals surface area contributed by atoms with E-state index in [2.05, 4.69) is 10.6 Å². The average Bonchev–Trinajstić information content (AvgIpc) is 2.27. The largest absolute Gasteiger partial charge is 0.536 e. The van der Waals surface area contributed by atoms with Gasteiger partial charge >= 0.3 is 8.80 Å². The third-order valence-electron chi connectivity index (χ3n) is 2.71. The van der Waals surface area contributed by atoms with Crippen LogP contribution in [0.5, 0.6) is 0 Å². The van der Waals surface area contributed by atoms with Crippen molar-refractivity contribution < 1.29 is 13.3 Å². The van der Waals surface area contributed by atoms with Crippen molar-refractivity contribution in [2.45, 2.75) is 18.6 Å². The highest BCUT2D eigenvalue weighted by Crippen LogP contribution is 2.23. The maximum absolute atomic E-state index is 5.44. The van der Waals surface area contributed by atoms with E-state index in [9.17, 15) is 0 Å². The summed E-state index contributed by atoms with van der Waals surface area (Å²) >= 11 is 0. The third kappa shape index (κ3) is 2.00. The molecule has 0 aromatic heterocycles. The van der Waals surface area contributed by atoms with E-state index < -0.39 is 14.1 Å². The van der Waals surface area contributed by atoms with Crippen molar-refractivity contribution in [3.05, 3.63) is 0 Å². The van der Waals surface area contributed by atoms with E-state index in [4.69, 9.17) is 13.3 Å². The Kier molecular flexibility index (Phi) is 5.80. The number of hydrogen-bond donors (Lipinski definition) is 2. The maximum atomic E-state index is 5.44. The van der Waals surface area contributed by atoms with Gasteiger partial charge in [-0.3, -0.25) is 10.6 Å². The van der Waals surface area contributed by atoms with Gasteiger partial charge in [-0.25, -0.2) is 0 Å². The van der Waals surface area contributed by atoms with Gasteiger partial charge in [0.05, 0.1) is 0 Å². The summed E-state index contributed by atoms with van der Waals surface area (Å²) in [6.07, 6.45) is 0.807. The lowest BCUT2D eigenvalue weighted by Crippen LogP contribution is -2.75. The minimum Gasteiger partial charge on any atom is -0.375 e. The second-order valence-electron chi connectivity index (χ2n) is 2.93. The molecule has 0 fully saturated rings. The van der Waals surface area contributed by atoms with Gasteiger partial charge in [-0.1, -0.05) is 6.92 Å². The summed E-state index contributed by atoms with van der Waals surface area (Å²) in [5, 5.41) is 5.93. The summed E-state index contributed by atoms with van der Waals surface area (Å²) in [5.41, 5.74) is 0. The smallest absolute Gasteiger partial charge is 0.375 e. The van der Waals surface area contributed by atoms with Crippen LogP contribution in [-0.4, -0.2) is 49.5 Å². The van der Waals surface area contributed by atoms with Gasteiger partial charge < -0.3 is 13.3 Å². The van der Waals surface area contributed by atoms with Crippen LogP contribution in [-0.2, 0) is 13.3 Å². The molecule has 0 rings (SSSR count). The van der Waals surface area contributed by atoms with Crippen LogP contribution in [0.15, 0.2) is 0 Å². The Morgan fingerprint density at radius 1 is 1.00 bits per heavy atom. The minimum atomic E-state index is -2.72. The maximum Gasteiger partial charge on any atom is 0.536 e. The molecular weight excluding hydrogens is 200 g/mol. The summed E-state index contributed by atoms with van der Waals surface area (Å²) in [4.78, 5) is 0. The minimum absolute atomic E-state index is 0.439. The summed E-state index contributed by atoms with van der Waals surface area (Å²) in [6.45, 7) is 2.05. The van der Waals surface area contributed by atoms with Gasteiger partial charge in [0.1, 0.15) is 5.29 Å². The van der Waals surface area contributed by atoms with Gasteiger partial charge in [0.25, 0.3) is 0 Å². The summed E-state index contributed by atoms with van der Waals surface area (Å²) in [7, 11) is 5.83. The molecule has 0 radical (unpaired) electrons. The standard InChI is InChI=1S/C8H22N2O3Si/c1-7-8(9-2,10-3)14(11-4,12-5)13-6/h9-10H,7H2,1-6H3. The van der Waals surface area contributed by atoms with E-state index in [1.165, 1.54) is 0 Å². The lowest BCUT2D eigenvalue weighted by molar-refractivity contribution is 0.0732. The molecule has 0 aliphatic rings. The summed E-state index contributed by atoms with van der Waals surface area (Å²) in [5.74, 6) is 0. The molecule has 0 aliphatic carbocycles. The highest BCUT2D eigenvalue weighted by atomic mass is 28.4. The van der Waals surface area contributed by atoms with E-state index >= 15 is 0 Å². The predicted octanol–water partition coefficient (Wildman–Crippen LogP) is -0.0512. The van der Waals surface area contributed by atoms with Gasteiger partial charge in [0.15, 0.2) is 0 Å². The molecule has 5 nitrogen and oxygen atoms in total. The molecular formula is C8H22N2O3Si. The Hall–Kier alpha value is 0.0169. The molecule has 0 saturated carbocycles. The first-order chi connectivity index (χ1) is 6.61. The van der Waals surface area contributed by atoms with E-state index in [1.54, 1.807) is 21.3 Å². The Labute approximate surface area is 87.5 Å². The van der Waals surface area contributed by atoms with Crippen LogP contribution in [0.4, 0.5) is 0 Å². The van der Waals surface area contributed by atoms with Gasteiger partial charge in [-0.15, -0.1) is 0 Å². The highest BCUT2D eigenvalue weighted by Gasteiger charge is 2.57. The molecule has 2 N–H and O–H groups in total. The zero-order chi connectivity index (χ0) is 11.2. The molecule has 0 atom stereocenters. The molecule has 14 heavy (non-hydrogen) atoms. The molecule has 0 aromatic rings. The van der Waals surface area contributed by atoms with Gasteiger partial charge in [0, 0.05) is 21.3 Å². The Bertz CT molecular complexity index is 126. The molecule has 0 amide bonds. The van der Waals surface area contributed by atoms with Crippen molar-refractivity contribution in [2.75, 3.05) is 35.4 Å². The molecule has 0 aliphatic heterocycles. The zero-order valence-corrected chi connectivity index (χ0v) is 10.9. The Morgan fingerprint density at radius 2 is 1.36 bits per heavy atom. The van der Waals surface area contributed by atoms with Gasteiger partial charge in [-0.2, -0.15) is 0 Å². The van der Waals surface area contributed by atoms with Crippen LogP contribution in [0.25, 0.3) is 0 Å². The molecule has 0 saturated heterocycles. The second-order valence-corrected chi connectivity index (χ2v) is 6.12. The summed E-state index contributed by atoms with van der Waals surface area (Å²) < 4.78 is 16.3. The Morgan fingerprint density at radius 3 is 1.43 bits per heavy atom. The lowest BCUT2D eigenvalue weighted by atomic mass is 10.4. The van der Waals surface area contributed by atoms with Crippen molar-refractivity contribution in [2.24, 2.45) is 0 Å². The number of nitrogens with one attached hydrogen (secondary N) is 2. The molecule has 6 heteroatoms. The van der Waals surface area contributed by atoms with Crippen LogP contribution in [0, 0.1) is 0 Å². The SMILES string of the molecule is CCC(NC)(NC)[Si](OC)(OC)OC. The van der Waals surface area contributed by atoms with Crippen LogP contribution in [0.1, 0.15) is 13.3 Å². The van der Waals surface area contributed by atoms with Gasteiger partial charge in [0.2, 0.25) is 0 Å². The highest BCUT2D eigenvalue weighted by molar-refractivity contribution is 6.64. The number of hydrogen-bond acceptors (Lipinski definition) is 5. The fourth-order valence-electron chi connectivity index (χ4n) is 1.77. The van der Waals surface area contributed by atoms with Crippen LogP contribution >= 0.6 is 0 Å². The van der Waals surface area contributed by atoms with Crippen molar-refractivity contribution >= 4 is 8.80 Å². The normalized spacial score (nSPS) is 13.3. The Balaban J connectivity index is 5.08. The molecule has 0 spiro atoms. The number of rotatable bonds is 7. The van der Waals surface area contributed by atoms with Crippen molar-refractivity contribution in [1.29, 1.82) is 0 Å². The van der Waals surface area contributed by atoms with Crippen molar-refractivity contribution in [1.82, 2.24) is 10.6 Å². The first-order valence-corrected chi connectivity index (χ1v) is 6.37. The topological polar surface area (TPSA) is 51.8 Å². The third-order valence-corrected chi connectivity index (χ3v) is 6.22. The summed E-state index contributed by atoms with van der Waals surface area (Å²) in [6, 6.07) is 0. The average molecular weight is 222 g/mol. The molecule has 0 heterocycles.